The zero-order chi connectivity index (χ0) is 21.8. The van der Waals surface area contributed by atoms with Crippen molar-refractivity contribution in [1.29, 1.82) is 0 Å². The molecule has 0 aliphatic carbocycles. The summed E-state index contributed by atoms with van der Waals surface area (Å²) >= 11 is 0. The fourth-order valence-electron chi connectivity index (χ4n) is 3.61. The summed E-state index contributed by atoms with van der Waals surface area (Å²) in [7, 11) is 0. The summed E-state index contributed by atoms with van der Waals surface area (Å²) < 4.78 is 12.5. The van der Waals surface area contributed by atoms with Crippen LogP contribution >= 0.6 is 0 Å². The normalized spacial score (nSPS) is 13.0. The van der Waals surface area contributed by atoms with Crippen molar-refractivity contribution in [1.82, 2.24) is 4.57 Å². The van der Waals surface area contributed by atoms with E-state index in [2.05, 4.69) is 13.0 Å². The lowest BCUT2D eigenvalue weighted by Gasteiger charge is -2.12. The van der Waals surface area contributed by atoms with Gasteiger partial charge >= 0.3 is 0 Å². The molecule has 5 nitrogen and oxygen atoms in total. The third-order valence-corrected chi connectivity index (χ3v) is 5.28. The maximum atomic E-state index is 13.0. The van der Waals surface area contributed by atoms with E-state index in [-0.39, 0.29) is 18.1 Å². The molecule has 5 heteroatoms. The highest BCUT2D eigenvalue weighted by Gasteiger charge is 2.12. The van der Waals surface area contributed by atoms with Gasteiger partial charge in [0.2, 0.25) is 6.79 Å². The van der Waals surface area contributed by atoms with Crippen LogP contribution < -0.4 is 15.0 Å². The van der Waals surface area contributed by atoms with Crippen molar-refractivity contribution in [2.75, 3.05) is 6.79 Å². The van der Waals surface area contributed by atoms with Crippen LogP contribution in [0.1, 0.15) is 36.5 Å². The summed E-state index contributed by atoms with van der Waals surface area (Å²) in [4.78, 5) is 25.4. The Hall–Kier alpha value is -3.60. The summed E-state index contributed by atoms with van der Waals surface area (Å²) in [5.74, 6) is 1.18. The van der Waals surface area contributed by atoms with Crippen LogP contribution in [0, 0.1) is 6.92 Å². The Balaban J connectivity index is 1.58. The number of carbonyl (C=O) groups is 1. The van der Waals surface area contributed by atoms with Gasteiger partial charge < -0.3 is 14.0 Å². The Morgan fingerprint density at radius 2 is 1.84 bits per heavy atom. The number of ketones is 1. The fourth-order valence-corrected chi connectivity index (χ4v) is 3.61. The fraction of sp³-hybridized carbons (Fsp3) is 0.231. The lowest BCUT2D eigenvalue weighted by atomic mass is 10.1. The van der Waals surface area contributed by atoms with Crippen molar-refractivity contribution in [3.63, 3.8) is 0 Å². The number of benzene rings is 2. The number of nitrogens with zero attached hydrogens (tertiary/aromatic N) is 1. The molecule has 0 fully saturated rings. The van der Waals surface area contributed by atoms with Crippen LogP contribution in [-0.4, -0.2) is 17.1 Å². The molecule has 0 bridgehead atoms. The zero-order valence-electron chi connectivity index (χ0n) is 17.8. The number of aromatic nitrogens is 1. The van der Waals surface area contributed by atoms with E-state index >= 15 is 0 Å². The van der Waals surface area contributed by atoms with Crippen LogP contribution in [0.2, 0.25) is 0 Å². The third kappa shape index (κ3) is 4.61. The second-order valence-electron chi connectivity index (χ2n) is 7.65. The highest BCUT2D eigenvalue weighted by molar-refractivity contribution is 6.04. The number of pyridine rings is 1. The monoisotopic (exact) mass is 415 g/mol. The van der Waals surface area contributed by atoms with Gasteiger partial charge in [0.25, 0.3) is 5.56 Å². The molecule has 31 heavy (non-hydrogen) atoms. The molecule has 158 valence electrons. The Morgan fingerprint density at radius 3 is 2.68 bits per heavy atom. The predicted octanol–water partition coefficient (Wildman–Crippen LogP) is 5.13. The maximum absolute atomic E-state index is 13.0. The molecular weight excluding hydrogens is 390 g/mol. The zero-order valence-corrected chi connectivity index (χ0v) is 17.8. The van der Waals surface area contributed by atoms with Crippen molar-refractivity contribution >= 4 is 28.8 Å². The quantitative estimate of drug-likeness (QED) is 0.502. The summed E-state index contributed by atoms with van der Waals surface area (Å²) in [5.41, 5.74) is 3.34. The van der Waals surface area contributed by atoms with E-state index in [0.29, 0.717) is 23.6 Å². The molecular formula is C26H25NO4. The lowest BCUT2D eigenvalue weighted by molar-refractivity contribution is -0.110. The van der Waals surface area contributed by atoms with Crippen molar-refractivity contribution in [3.05, 3.63) is 81.7 Å². The van der Waals surface area contributed by atoms with Crippen molar-refractivity contribution in [2.24, 2.45) is 0 Å². The third-order valence-electron chi connectivity index (χ3n) is 5.28. The number of unbranched alkanes of at least 4 members (excludes halogenated alkanes) is 1. The maximum Gasteiger partial charge on any atom is 0.258 e. The summed E-state index contributed by atoms with van der Waals surface area (Å²) in [6.45, 7) is 5.01. The first-order valence-electron chi connectivity index (χ1n) is 10.5. The van der Waals surface area contributed by atoms with Gasteiger partial charge in [-0.2, -0.15) is 0 Å². The number of fused-ring (bicyclic) bond motifs is 2. The molecule has 0 amide bonds. The van der Waals surface area contributed by atoms with Gasteiger partial charge in [0.05, 0.1) is 5.52 Å². The molecule has 3 aromatic rings. The van der Waals surface area contributed by atoms with E-state index in [1.807, 2.05) is 47.9 Å². The van der Waals surface area contributed by atoms with Crippen LogP contribution in [0.4, 0.5) is 0 Å². The van der Waals surface area contributed by atoms with Crippen LogP contribution in [0.3, 0.4) is 0 Å². The molecule has 0 spiro atoms. The second kappa shape index (κ2) is 9.04. The number of hydrogen-bond acceptors (Lipinski definition) is 4. The predicted molar refractivity (Wildman–Crippen MR) is 123 cm³/mol. The molecule has 4 rings (SSSR count). The first-order chi connectivity index (χ1) is 15.0. The summed E-state index contributed by atoms with van der Waals surface area (Å²) in [6.07, 6.45) is 8.17. The number of ether oxygens (including phenoxy) is 2. The van der Waals surface area contributed by atoms with Crippen molar-refractivity contribution < 1.29 is 14.3 Å². The van der Waals surface area contributed by atoms with Gasteiger partial charge in [0.1, 0.15) is 0 Å². The van der Waals surface area contributed by atoms with Crippen LogP contribution in [0.5, 0.6) is 11.5 Å². The largest absolute Gasteiger partial charge is 0.454 e. The molecule has 0 radical (unpaired) electrons. The van der Waals surface area contributed by atoms with Gasteiger partial charge in [-0.1, -0.05) is 37.1 Å². The molecule has 1 aliphatic rings. The number of hydrogen-bond donors (Lipinski definition) is 0. The second-order valence-corrected chi connectivity index (χ2v) is 7.65. The van der Waals surface area contributed by atoms with Gasteiger partial charge in [0, 0.05) is 12.1 Å². The SMILES string of the molecule is CCCCn1c(=O)c(/C=C/C(=O)/C=C/c2ccc3c(c2)OCO3)cc2cc(C)ccc21. The first kappa shape index (κ1) is 20.7. The molecule has 0 N–H and O–H groups in total. The summed E-state index contributed by atoms with van der Waals surface area (Å²) in [6, 6.07) is 13.4. The van der Waals surface area contributed by atoms with Gasteiger partial charge in [-0.25, -0.2) is 0 Å². The minimum absolute atomic E-state index is 0.0754. The van der Waals surface area contributed by atoms with Gasteiger partial charge in [-0.05, 0) is 72.9 Å². The van der Waals surface area contributed by atoms with E-state index in [1.165, 1.54) is 12.2 Å². The molecule has 0 atom stereocenters. The standard InChI is InChI=1S/C26H25NO4/c1-3-4-13-27-23-11-5-18(2)14-21(23)16-20(26(27)29)8-10-22(28)9-6-19-7-12-24-25(15-19)31-17-30-24/h5-12,14-16H,3-4,13,17H2,1-2H3/b9-6+,10-8+. The molecule has 0 unspecified atom stereocenters. The minimum atomic E-state index is -0.193. The Morgan fingerprint density at radius 1 is 1.03 bits per heavy atom. The minimum Gasteiger partial charge on any atom is -0.454 e. The number of carbonyl (C=O) groups excluding carboxylic acids is 1. The molecule has 2 aromatic carbocycles. The lowest BCUT2D eigenvalue weighted by Crippen LogP contribution is -2.22. The average molecular weight is 415 g/mol. The van der Waals surface area contributed by atoms with Gasteiger partial charge in [0.15, 0.2) is 17.3 Å². The molecule has 1 aliphatic heterocycles. The van der Waals surface area contributed by atoms with E-state index in [0.717, 1.165) is 34.9 Å². The summed E-state index contributed by atoms with van der Waals surface area (Å²) in [5, 5.41) is 0.999. The Bertz CT molecular complexity index is 1250. The highest BCUT2D eigenvalue weighted by Crippen LogP contribution is 2.32. The molecule has 0 saturated heterocycles. The van der Waals surface area contributed by atoms with Crippen LogP contribution in [-0.2, 0) is 11.3 Å². The Labute approximate surface area is 181 Å². The van der Waals surface area contributed by atoms with E-state index in [1.54, 1.807) is 12.2 Å². The van der Waals surface area contributed by atoms with E-state index < -0.39 is 0 Å². The van der Waals surface area contributed by atoms with Crippen molar-refractivity contribution in [3.8, 4) is 11.5 Å². The van der Waals surface area contributed by atoms with E-state index in [9.17, 15) is 9.59 Å². The first-order valence-corrected chi connectivity index (χ1v) is 10.5. The highest BCUT2D eigenvalue weighted by atomic mass is 16.7. The van der Waals surface area contributed by atoms with Crippen LogP contribution in [0.25, 0.3) is 23.1 Å². The number of allylic oxidation sites excluding steroid dienone is 2. The smallest absolute Gasteiger partial charge is 0.258 e. The molecule has 0 saturated carbocycles. The van der Waals surface area contributed by atoms with Crippen molar-refractivity contribution in [2.45, 2.75) is 33.2 Å². The average Bonchev–Trinajstić information content (AvgIpc) is 3.23. The van der Waals surface area contributed by atoms with Gasteiger partial charge in [-0.15, -0.1) is 0 Å². The Kier molecular flexibility index (Phi) is 6.03. The number of aryl methyl sites for hydroxylation is 2. The van der Waals surface area contributed by atoms with E-state index in [4.69, 9.17) is 9.47 Å². The van der Waals surface area contributed by atoms with Crippen LogP contribution in [0.15, 0.2) is 59.4 Å². The molecule has 2 heterocycles. The number of rotatable bonds is 7. The topological polar surface area (TPSA) is 57.5 Å². The van der Waals surface area contributed by atoms with Gasteiger partial charge in [-0.3, -0.25) is 9.59 Å². The molecule has 1 aromatic heterocycles.